The van der Waals surface area contributed by atoms with Crippen molar-refractivity contribution in [2.75, 3.05) is 27.3 Å². The number of rotatable bonds is 7. The van der Waals surface area contributed by atoms with Gasteiger partial charge in [0.05, 0.1) is 32.0 Å². The van der Waals surface area contributed by atoms with E-state index in [1.54, 1.807) is 18.2 Å². The number of esters is 1. The molecule has 1 saturated heterocycles. The molecule has 1 heterocycles. The molecule has 0 unspecified atom stereocenters. The second kappa shape index (κ2) is 8.74. The molecule has 0 bridgehead atoms. The van der Waals surface area contributed by atoms with Gasteiger partial charge in [0.2, 0.25) is 0 Å². The molecule has 1 saturated carbocycles. The van der Waals surface area contributed by atoms with Crippen LogP contribution >= 0.6 is 0 Å². The Kier molecular flexibility index (Phi) is 6.37. The Labute approximate surface area is 160 Å². The van der Waals surface area contributed by atoms with Gasteiger partial charge in [0.1, 0.15) is 5.75 Å². The van der Waals surface area contributed by atoms with Gasteiger partial charge < -0.3 is 19.1 Å². The van der Waals surface area contributed by atoms with Crippen molar-refractivity contribution in [2.45, 2.75) is 51.2 Å². The maximum atomic E-state index is 13.2. The van der Waals surface area contributed by atoms with Gasteiger partial charge in [-0.1, -0.05) is 19.8 Å². The summed E-state index contributed by atoms with van der Waals surface area (Å²) in [7, 11) is 2.84. The topological polar surface area (TPSA) is 65.1 Å². The van der Waals surface area contributed by atoms with Gasteiger partial charge in [0.15, 0.2) is 0 Å². The average molecular weight is 375 g/mol. The van der Waals surface area contributed by atoms with Gasteiger partial charge in [-0.05, 0) is 43.4 Å². The molecule has 0 N–H and O–H groups in total. The number of methoxy groups -OCH3 is 2. The van der Waals surface area contributed by atoms with Crippen molar-refractivity contribution >= 4 is 11.9 Å². The number of amides is 1. The highest BCUT2D eigenvalue weighted by molar-refractivity contribution is 5.98. The largest absolute Gasteiger partial charge is 0.497 e. The van der Waals surface area contributed by atoms with Crippen LogP contribution in [-0.4, -0.2) is 56.3 Å². The average Bonchev–Trinajstić information content (AvgIpc) is 3.55. The molecule has 0 aromatic heterocycles. The summed E-state index contributed by atoms with van der Waals surface area (Å²) in [5, 5.41) is 0. The number of carbonyl (C=O) groups excluding carboxylic acids is 2. The molecule has 0 radical (unpaired) electrons. The van der Waals surface area contributed by atoms with Crippen LogP contribution in [0.4, 0.5) is 0 Å². The fraction of sp³-hybridized carbons (Fsp3) is 0.619. The maximum Gasteiger partial charge on any atom is 0.338 e. The van der Waals surface area contributed by atoms with Crippen LogP contribution in [0.25, 0.3) is 0 Å². The second-order valence-corrected chi connectivity index (χ2v) is 7.43. The monoisotopic (exact) mass is 375 g/mol. The number of hydrogen-bond acceptors (Lipinski definition) is 5. The SMILES string of the molecule is CCCC[C@@H]1CN(C(=O)c2cc(OC)cc(C(=O)OC)c2)C[C@H](C2CC2)O1. The van der Waals surface area contributed by atoms with Crippen LogP contribution < -0.4 is 4.74 Å². The van der Waals surface area contributed by atoms with Crippen molar-refractivity contribution in [3.05, 3.63) is 29.3 Å². The van der Waals surface area contributed by atoms with Crippen LogP contribution in [0.5, 0.6) is 5.75 Å². The molecule has 2 fully saturated rings. The molecule has 2 atom stereocenters. The lowest BCUT2D eigenvalue weighted by Crippen LogP contribution is -2.50. The number of nitrogens with zero attached hydrogens (tertiary/aromatic N) is 1. The molecule has 0 spiro atoms. The van der Waals surface area contributed by atoms with E-state index in [0.717, 1.165) is 19.3 Å². The molecule has 1 aromatic carbocycles. The molecular weight excluding hydrogens is 346 g/mol. The lowest BCUT2D eigenvalue weighted by molar-refractivity contribution is -0.0874. The Hall–Kier alpha value is -2.08. The van der Waals surface area contributed by atoms with Gasteiger partial charge in [-0.25, -0.2) is 4.79 Å². The Morgan fingerprint density at radius 1 is 1.15 bits per heavy atom. The van der Waals surface area contributed by atoms with E-state index in [0.29, 0.717) is 35.9 Å². The smallest absolute Gasteiger partial charge is 0.338 e. The third kappa shape index (κ3) is 4.80. The first-order chi connectivity index (χ1) is 13.0. The molecule has 1 aliphatic carbocycles. The summed E-state index contributed by atoms with van der Waals surface area (Å²) in [5.74, 6) is 0.465. The predicted octanol–water partition coefficient (Wildman–Crippen LogP) is 3.29. The summed E-state index contributed by atoms with van der Waals surface area (Å²) in [5.41, 5.74) is 0.759. The van der Waals surface area contributed by atoms with Crippen LogP contribution in [0, 0.1) is 5.92 Å². The van der Waals surface area contributed by atoms with Crippen LogP contribution in [0.1, 0.15) is 59.7 Å². The first-order valence-corrected chi connectivity index (χ1v) is 9.77. The third-order valence-corrected chi connectivity index (χ3v) is 5.32. The molecule has 6 nitrogen and oxygen atoms in total. The van der Waals surface area contributed by atoms with E-state index in [4.69, 9.17) is 14.2 Å². The highest BCUT2D eigenvalue weighted by Gasteiger charge is 2.39. The fourth-order valence-corrected chi connectivity index (χ4v) is 3.61. The van der Waals surface area contributed by atoms with Gasteiger partial charge in [0, 0.05) is 18.7 Å². The van der Waals surface area contributed by atoms with Crippen LogP contribution in [0.2, 0.25) is 0 Å². The number of benzene rings is 1. The first kappa shape index (κ1) is 19.7. The number of morpholine rings is 1. The Morgan fingerprint density at radius 3 is 2.52 bits per heavy atom. The molecule has 27 heavy (non-hydrogen) atoms. The Bertz CT molecular complexity index is 685. The van der Waals surface area contributed by atoms with E-state index in [2.05, 4.69) is 6.92 Å². The standard InChI is InChI=1S/C21H29NO5/c1-4-5-6-17-12-22(13-19(27-17)14-7-8-14)20(23)15-9-16(21(24)26-3)11-18(10-15)25-2/h9-11,14,17,19H,4-8,12-13H2,1-3H3/t17-,19-/m1/s1. The summed E-state index contributed by atoms with van der Waals surface area (Å²) in [6.45, 7) is 3.36. The van der Waals surface area contributed by atoms with E-state index in [-0.39, 0.29) is 18.1 Å². The molecular formula is C21H29NO5. The van der Waals surface area contributed by atoms with Crippen LogP contribution in [-0.2, 0) is 9.47 Å². The quantitative estimate of drug-likeness (QED) is 0.684. The summed E-state index contributed by atoms with van der Waals surface area (Å²) >= 11 is 0. The van der Waals surface area contributed by atoms with Crippen molar-refractivity contribution in [2.24, 2.45) is 5.92 Å². The summed E-state index contributed by atoms with van der Waals surface area (Å²) in [6, 6.07) is 4.84. The Morgan fingerprint density at radius 2 is 1.89 bits per heavy atom. The third-order valence-electron chi connectivity index (χ3n) is 5.32. The van der Waals surface area contributed by atoms with E-state index < -0.39 is 5.97 Å². The minimum atomic E-state index is -0.485. The number of ether oxygens (including phenoxy) is 3. The van der Waals surface area contributed by atoms with E-state index in [1.807, 2.05) is 4.90 Å². The van der Waals surface area contributed by atoms with Gasteiger partial charge in [-0.15, -0.1) is 0 Å². The lowest BCUT2D eigenvalue weighted by atomic mass is 10.0. The zero-order valence-electron chi connectivity index (χ0n) is 16.4. The summed E-state index contributed by atoms with van der Waals surface area (Å²) < 4.78 is 16.3. The van der Waals surface area contributed by atoms with Gasteiger partial charge in [0.25, 0.3) is 5.91 Å². The number of unbranched alkanes of at least 4 members (excludes halogenated alkanes) is 1. The fourth-order valence-electron chi connectivity index (χ4n) is 3.61. The van der Waals surface area contributed by atoms with Crippen LogP contribution in [0.15, 0.2) is 18.2 Å². The van der Waals surface area contributed by atoms with Crippen molar-refractivity contribution in [1.82, 2.24) is 4.90 Å². The zero-order valence-corrected chi connectivity index (χ0v) is 16.4. The molecule has 6 heteroatoms. The van der Waals surface area contributed by atoms with E-state index >= 15 is 0 Å². The van der Waals surface area contributed by atoms with Crippen molar-refractivity contribution < 1.29 is 23.8 Å². The molecule has 2 aliphatic rings. The highest BCUT2D eigenvalue weighted by Crippen LogP contribution is 2.37. The summed E-state index contributed by atoms with van der Waals surface area (Å²) in [6.07, 6.45) is 5.73. The van der Waals surface area contributed by atoms with E-state index in [9.17, 15) is 9.59 Å². The summed E-state index contributed by atoms with van der Waals surface area (Å²) in [4.78, 5) is 27.0. The maximum absolute atomic E-state index is 13.2. The minimum Gasteiger partial charge on any atom is -0.497 e. The zero-order chi connectivity index (χ0) is 19.4. The highest BCUT2D eigenvalue weighted by atomic mass is 16.5. The van der Waals surface area contributed by atoms with Gasteiger partial charge >= 0.3 is 5.97 Å². The minimum absolute atomic E-state index is 0.0823. The molecule has 1 amide bonds. The van der Waals surface area contributed by atoms with Crippen molar-refractivity contribution in [3.63, 3.8) is 0 Å². The second-order valence-electron chi connectivity index (χ2n) is 7.43. The lowest BCUT2D eigenvalue weighted by Gasteiger charge is -2.38. The van der Waals surface area contributed by atoms with Crippen LogP contribution in [0.3, 0.4) is 0 Å². The predicted molar refractivity (Wildman–Crippen MR) is 101 cm³/mol. The number of carbonyl (C=O) groups is 2. The number of hydrogen-bond donors (Lipinski definition) is 0. The molecule has 148 valence electrons. The van der Waals surface area contributed by atoms with Gasteiger partial charge in [-0.2, -0.15) is 0 Å². The van der Waals surface area contributed by atoms with Gasteiger partial charge in [-0.3, -0.25) is 4.79 Å². The molecule has 3 rings (SSSR count). The first-order valence-electron chi connectivity index (χ1n) is 9.77. The van der Waals surface area contributed by atoms with E-state index in [1.165, 1.54) is 27.1 Å². The normalized spacial score (nSPS) is 22.4. The van der Waals surface area contributed by atoms with Crippen molar-refractivity contribution in [3.8, 4) is 5.75 Å². The van der Waals surface area contributed by atoms with Crippen molar-refractivity contribution in [1.29, 1.82) is 0 Å². The molecule has 1 aliphatic heterocycles. The molecule has 1 aromatic rings. The Balaban J connectivity index is 1.81.